The molecule has 0 atom stereocenters. The minimum absolute atomic E-state index is 0.0484. The Labute approximate surface area is 154 Å². The van der Waals surface area contributed by atoms with E-state index in [4.69, 9.17) is 4.74 Å². The second-order valence-electron chi connectivity index (χ2n) is 7.09. The van der Waals surface area contributed by atoms with Gasteiger partial charge >= 0.3 is 6.09 Å². The molecular formula is C21H38N2O2. The Kier molecular flexibility index (Phi) is 13.0. The van der Waals surface area contributed by atoms with E-state index in [0.717, 1.165) is 25.7 Å². The molecule has 0 amide bonds. The van der Waals surface area contributed by atoms with Gasteiger partial charge in [0.1, 0.15) is 12.4 Å². The van der Waals surface area contributed by atoms with Crippen molar-refractivity contribution >= 4 is 6.09 Å². The molecule has 4 heteroatoms. The minimum atomic E-state index is -0.292. The zero-order valence-electron chi connectivity index (χ0n) is 16.4. The van der Waals surface area contributed by atoms with Crippen LogP contribution >= 0.6 is 0 Å². The lowest BCUT2D eigenvalue weighted by atomic mass is 10.0. The summed E-state index contributed by atoms with van der Waals surface area (Å²) in [6.07, 6.45) is 21.8. The summed E-state index contributed by atoms with van der Waals surface area (Å²) in [7, 11) is 0. The summed E-state index contributed by atoms with van der Waals surface area (Å²) in [6.45, 7) is 4.48. The topological polar surface area (TPSA) is 44.1 Å². The van der Waals surface area contributed by atoms with Crippen molar-refractivity contribution in [2.45, 2.75) is 110 Å². The highest BCUT2D eigenvalue weighted by Crippen LogP contribution is 2.17. The molecule has 0 fully saturated rings. The van der Waals surface area contributed by atoms with Crippen molar-refractivity contribution in [2.24, 2.45) is 0 Å². The Morgan fingerprint density at radius 3 is 1.88 bits per heavy atom. The molecule has 0 aliphatic rings. The van der Waals surface area contributed by atoms with E-state index in [9.17, 15) is 4.79 Å². The first-order valence-corrected chi connectivity index (χ1v) is 10.5. The minimum Gasteiger partial charge on any atom is -0.446 e. The van der Waals surface area contributed by atoms with Crippen molar-refractivity contribution < 1.29 is 9.53 Å². The maximum absolute atomic E-state index is 12.2. The lowest BCUT2D eigenvalue weighted by Crippen LogP contribution is -2.21. The Hall–Kier alpha value is -1.32. The molecule has 0 aromatic carbocycles. The van der Waals surface area contributed by atoms with Gasteiger partial charge in [0.2, 0.25) is 0 Å². The first-order chi connectivity index (χ1) is 12.3. The van der Waals surface area contributed by atoms with Crippen LogP contribution in [0.5, 0.6) is 0 Å². The van der Waals surface area contributed by atoms with Gasteiger partial charge in [-0.3, -0.25) is 0 Å². The summed E-state index contributed by atoms with van der Waals surface area (Å²) in [5, 5.41) is 0. The van der Waals surface area contributed by atoms with Gasteiger partial charge in [-0.25, -0.2) is 14.3 Å². The van der Waals surface area contributed by atoms with Gasteiger partial charge in [-0.2, -0.15) is 0 Å². The van der Waals surface area contributed by atoms with Gasteiger partial charge in [0.15, 0.2) is 0 Å². The molecule has 25 heavy (non-hydrogen) atoms. The summed E-state index contributed by atoms with van der Waals surface area (Å²) >= 11 is 0. The Morgan fingerprint density at radius 1 is 0.880 bits per heavy atom. The number of unbranched alkanes of at least 4 members (excludes halogenated alkanes) is 10. The van der Waals surface area contributed by atoms with Crippen LogP contribution in [0.2, 0.25) is 0 Å². The number of rotatable bonds is 15. The van der Waals surface area contributed by atoms with Crippen LogP contribution in [0.25, 0.3) is 0 Å². The monoisotopic (exact) mass is 350 g/mol. The van der Waals surface area contributed by atoms with E-state index in [0.29, 0.717) is 0 Å². The molecule has 1 heterocycles. The number of aromatic nitrogens is 2. The van der Waals surface area contributed by atoms with Crippen LogP contribution in [-0.4, -0.2) is 21.7 Å². The maximum atomic E-state index is 12.2. The Balaban J connectivity index is 2.28. The fourth-order valence-corrected chi connectivity index (χ4v) is 3.14. The molecule has 0 bridgehead atoms. The fraction of sp³-hybridized carbons (Fsp3) is 0.810. The zero-order valence-corrected chi connectivity index (χ0v) is 16.4. The van der Waals surface area contributed by atoms with Gasteiger partial charge in [-0.15, -0.1) is 0 Å². The van der Waals surface area contributed by atoms with Gasteiger partial charge in [-0.05, 0) is 25.7 Å². The number of nitrogens with zero attached hydrogens (tertiary/aromatic N) is 2. The highest BCUT2D eigenvalue weighted by molar-refractivity contribution is 5.70. The van der Waals surface area contributed by atoms with E-state index >= 15 is 0 Å². The normalized spacial score (nSPS) is 11.2. The smallest absolute Gasteiger partial charge is 0.419 e. The van der Waals surface area contributed by atoms with Crippen LogP contribution in [0.1, 0.15) is 104 Å². The van der Waals surface area contributed by atoms with E-state index in [1.54, 1.807) is 12.4 Å². The standard InChI is InChI=1S/C21H38N2O2/c1-3-5-7-9-11-13-15-20(16-14-12-10-8-6-4-2)25-21(24)23-18-17-22-19-23/h17-20H,3-16H2,1-2H3. The number of ether oxygens (including phenoxy) is 1. The van der Waals surface area contributed by atoms with Crippen molar-refractivity contribution in [3.8, 4) is 0 Å². The molecule has 0 N–H and O–H groups in total. The van der Waals surface area contributed by atoms with Gasteiger partial charge < -0.3 is 4.74 Å². The number of imidazole rings is 1. The lowest BCUT2D eigenvalue weighted by molar-refractivity contribution is 0.0852. The zero-order chi connectivity index (χ0) is 18.2. The molecule has 4 nitrogen and oxygen atoms in total. The summed E-state index contributed by atoms with van der Waals surface area (Å²) in [5.74, 6) is 0. The van der Waals surface area contributed by atoms with E-state index in [1.807, 2.05) is 0 Å². The fourth-order valence-electron chi connectivity index (χ4n) is 3.14. The van der Waals surface area contributed by atoms with E-state index < -0.39 is 0 Å². The predicted molar refractivity (Wildman–Crippen MR) is 104 cm³/mol. The molecule has 0 aliphatic heterocycles. The molecule has 0 saturated carbocycles. The SMILES string of the molecule is CCCCCCCCC(CCCCCCCC)OC(=O)n1ccnc1. The Morgan fingerprint density at radius 2 is 1.40 bits per heavy atom. The van der Waals surface area contributed by atoms with Crippen LogP contribution in [0.4, 0.5) is 4.79 Å². The van der Waals surface area contributed by atoms with E-state index in [-0.39, 0.29) is 12.2 Å². The third-order valence-electron chi connectivity index (χ3n) is 4.74. The van der Waals surface area contributed by atoms with Gasteiger partial charge in [0.25, 0.3) is 0 Å². The quantitative estimate of drug-likeness (QED) is 0.329. The number of carbonyl (C=O) groups excluding carboxylic acids is 1. The summed E-state index contributed by atoms with van der Waals surface area (Å²) < 4.78 is 7.16. The summed E-state index contributed by atoms with van der Waals surface area (Å²) in [4.78, 5) is 16.1. The van der Waals surface area contributed by atoms with Gasteiger partial charge in [0, 0.05) is 12.4 Å². The number of carbonyl (C=O) groups is 1. The molecule has 0 saturated heterocycles. The van der Waals surface area contributed by atoms with Crippen LogP contribution in [0.15, 0.2) is 18.7 Å². The molecule has 0 spiro atoms. The van der Waals surface area contributed by atoms with Crippen LogP contribution < -0.4 is 0 Å². The first kappa shape index (κ1) is 21.7. The largest absolute Gasteiger partial charge is 0.446 e. The molecule has 1 aromatic heterocycles. The highest BCUT2D eigenvalue weighted by Gasteiger charge is 2.15. The lowest BCUT2D eigenvalue weighted by Gasteiger charge is -2.18. The second-order valence-corrected chi connectivity index (χ2v) is 7.09. The van der Waals surface area contributed by atoms with E-state index in [2.05, 4.69) is 18.8 Å². The van der Waals surface area contributed by atoms with Crippen molar-refractivity contribution in [1.82, 2.24) is 9.55 Å². The van der Waals surface area contributed by atoms with Gasteiger partial charge in [-0.1, -0.05) is 78.1 Å². The van der Waals surface area contributed by atoms with Crippen LogP contribution in [-0.2, 0) is 4.74 Å². The Bertz CT molecular complexity index is 402. The molecule has 0 radical (unpaired) electrons. The number of hydrogen-bond donors (Lipinski definition) is 0. The average Bonchev–Trinajstić information content (AvgIpc) is 3.15. The molecule has 144 valence electrons. The molecular weight excluding hydrogens is 312 g/mol. The van der Waals surface area contributed by atoms with Crippen molar-refractivity contribution in [3.63, 3.8) is 0 Å². The summed E-state index contributed by atoms with van der Waals surface area (Å²) in [6, 6.07) is 0. The van der Waals surface area contributed by atoms with Crippen molar-refractivity contribution in [1.29, 1.82) is 0 Å². The second kappa shape index (κ2) is 15.0. The van der Waals surface area contributed by atoms with Crippen LogP contribution in [0, 0.1) is 0 Å². The maximum Gasteiger partial charge on any atom is 0.419 e. The molecule has 1 rings (SSSR count). The summed E-state index contributed by atoms with van der Waals surface area (Å²) in [5.41, 5.74) is 0. The van der Waals surface area contributed by atoms with Crippen LogP contribution in [0.3, 0.4) is 0 Å². The number of hydrogen-bond acceptors (Lipinski definition) is 3. The third-order valence-corrected chi connectivity index (χ3v) is 4.74. The third kappa shape index (κ3) is 11.0. The molecule has 0 aliphatic carbocycles. The molecule has 0 unspecified atom stereocenters. The highest BCUT2D eigenvalue weighted by atomic mass is 16.6. The first-order valence-electron chi connectivity index (χ1n) is 10.5. The average molecular weight is 351 g/mol. The molecule has 1 aromatic rings. The van der Waals surface area contributed by atoms with E-state index in [1.165, 1.54) is 75.1 Å². The van der Waals surface area contributed by atoms with Gasteiger partial charge in [0.05, 0.1) is 0 Å². The predicted octanol–water partition coefficient (Wildman–Crippen LogP) is 6.74. The van der Waals surface area contributed by atoms with Crippen molar-refractivity contribution in [3.05, 3.63) is 18.7 Å². The van der Waals surface area contributed by atoms with Crippen molar-refractivity contribution in [2.75, 3.05) is 0 Å².